The first-order valence-corrected chi connectivity index (χ1v) is 15.1. The summed E-state index contributed by atoms with van der Waals surface area (Å²) >= 11 is 0. The fraction of sp³-hybridized carbons (Fsp3) is 0.265. The molecule has 2 N–H and O–H groups in total. The number of carboxylic acid groups (broad SMARTS) is 1. The number of carbonyl (C=O) groups excluding carboxylic acids is 1. The van der Waals surface area contributed by atoms with Gasteiger partial charge in [-0.2, -0.15) is 28.4 Å². The smallest absolute Gasteiger partial charge is 0.416 e. The van der Waals surface area contributed by atoms with Crippen molar-refractivity contribution in [2.24, 2.45) is 5.92 Å². The molecule has 0 aliphatic rings. The van der Waals surface area contributed by atoms with E-state index in [1.165, 1.54) is 32.3 Å². The number of carboxylic acids is 1. The van der Waals surface area contributed by atoms with Crippen molar-refractivity contribution in [2.75, 3.05) is 19.4 Å². The Morgan fingerprint density at radius 3 is 2.33 bits per heavy atom. The number of nitro groups is 1. The molecular formula is C34H31F3N6O8. The summed E-state index contributed by atoms with van der Waals surface area (Å²) in [7, 11) is 2.63. The number of halogens is 3. The normalized spacial score (nSPS) is 11.7. The highest BCUT2D eigenvalue weighted by atomic mass is 19.4. The van der Waals surface area contributed by atoms with Gasteiger partial charge in [-0.25, -0.2) is 4.79 Å². The molecule has 1 unspecified atom stereocenters. The number of nitriles is 1. The molecular weight excluding hydrogens is 677 g/mol. The minimum absolute atomic E-state index is 0.0196. The van der Waals surface area contributed by atoms with E-state index in [9.17, 15) is 43.2 Å². The first-order valence-electron chi connectivity index (χ1n) is 15.1. The van der Waals surface area contributed by atoms with Crippen LogP contribution in [0.2, 0.25) is 0 Å². The molecule has 4 rings (SSSR count). The summed E-state index contributed by atoms with van der Waals surface area (Å²) < 4.78 is 59.0. The van der Waals surface area contributed by atoms with Gasteiger partial charge in [0.05, 0.1) is 22.1 Å². The average molecular weight is 709 g/mol. The highest BCUT2D eigenvalue weighted by Crippen LogP contribution is 2.41. The lowest BCUT2D eigenvalue weighted by Gasteiger charge is -2.19. The largest absolute Gasteiger partial charge is 0.485 e. The van der Waals surface area contributed by atoms with Crippen LogP contribution >= 0.6 is 0 Å². The SMILES string of the molecule is CC(C)CC(Nc1nc(Oc2cc(C#N)ccc2OCc2ccccc2)nc(Oc2cc(C(=O)N(C)C)cc(C(F)(F)F)c2)c1[N+](=O)[O-])C(=O)O. The number of amides is 1. The Morgan fingerprint density at radius 1 is 1.04 bits per heavy atom. The lowest BCUT2D eigenvalue weighted by atomic mass is 10.0. The van der Waals surface area contributed by atoms with Gasteiger partial charge >= 0.3 is 29.7 Å². The molecule has 0 saturated heterocycles. The molecule has 0 saturated carbocycles. The number of hydrogen-bond donors (Lipinski definition) is 2. The van der Waals surface area contributed by atoms with Crippen molar-refractivity contribution in [3.8, 4) is 35.2 Å². The molecule has 0 spiro atoms. The molecule has 14 nitrogen and oxygen atoms in total. The molecule has 51 heavy (non-hydrogen) atoms. The molecule has 3 aromatic carbocycles. The van der Waals surface area contributed by atoms with Gasteiger partial charge in [-0.1, -0.05) is 44.2 Å². The van der Waals surface area contributed by atoms with Gasteiger partial charge in [-0.15, -0.1) is 0 Å². The molecule has 1 heterocycles. The molecule has 17 heteroatoms. The van der Waals surface area contributed by atoms with Gasteiger partial charge in [-0.3, -0.25) is 14.9 Å². The first kappa shape index (κ1) is 37.4. The topological polar surface area (TPSA) is 190 Å². The predicted octanol–water partition coefficient (Wildman–Crippen LogP) is 7.05. The Balaban J connectivity index is 1.89. The number of nitrogens with one attached hydrogen (secondary N) is 1. The van der Waals surface area contributed by atoms with Crippen molar-refractivity contribution in [3.05, 3.63) is 99.1 Å². The summed E-state index contributed by atoms with van der Waals surface area (Å²) in [6.07, 6.45) is -4.97. The number of nitrogens with zero attached hydrogens (tertiary/aromatic N) is 5. The van der Waals surface area contributed by atoms with E-state index in [2.05, 4.69) is 15.3 Å². The Kier molecular flexibility index (Phi) is 11.6. The van der Waals surface area contributed by atoms with Crippen LogP contribution in [0.15, 0.2) is 66.7 Å². The molecule has 0 bridgehead atoms. The quantitative estimate of drug-likeness (QED) is 0.100. The van der Waals surface area contributed by atoms with E-state index in [1.807, 2.05) is 12.1 Å². The Labute approximate surface area is 289 Å². The summed E-state index contributed by atoms with van der Waals surface area (Å²) in [5.41, 5.74) is -1.90. The third kappa shape index (κ3) is 9.81. The van der Waals surface area contributed by atoms with Gasteiger partial charge in [-0.05, 0) is 48.2 Å². The Bertz CT molecular complexity index is 1970. The standard InChI is InChI=1S/C34H31F3N6O8/c1-19(2)12-25(32(45)46)39-29-28(43(47)48)30(50-24-15-22(31(44)42(3)4)14-23(16-24)34(35,36)37)41-33(40-29)51-27-13-21(17-38)10-11-26(27)49-18-20-8-6-5-7-9-20/h5-11,13-16,19,25H,12,18H2,1-4H3,(H,45,46)(H,39,40,41). The number of hydrogen-bond acceptors (Lipinski definition) is 11. The van der Waals surface area contributed by atoms with Crippen LogP contribution in [-0.4, -0.2) is 56.9 Å². The predicted molar refractivity (Wildman–Crippen MR) is 175 cm³/mol. The van der Waals surface area contributed by atoms with Crippen LogP contribution in [0.25, 0.3) is 0 Å². The van der Waals surface area contributed by atoms with Crippen LogP contribution in [0, 0.1) is 27.4 Å². The zero-order valence-electron chi connectivity index (χ0n) is 27.6. The second-order valence-corrected chi connectivity index (χ2v) is 11.6. The van der Waals surface area contributed by atoms with E-state index >= 15 is 0 Å². The third-order valence-electron chi connectivity index (χ3n) is 6.94. The summed E-state index contributed by atoms with van der Waals surface area (Å²) in [6, 6.07) is 15.0. The van der Waals surface area contributed by atoms with Crippen molar-refractivity contribution in [1.29, 1.82) is 5.26 Å². The minimum atomic E-state index is -4.95. The monoisotopic (exact) mass is 708 g/mol. The summed E-state index contributed by atoms with van der Waals surface area (Å²) in [5, 5.41) is 34.3. The zero-order chi connectivity index (χ0) is 37.5. The van der Waals surface area contributed by atoms with Crippen LogP contribution < -0.4 is 19.5 Å². The number of ether oxygens (including phenoxy) is 3. The number of alkyl halides is 3. The van der Waals surface area contributed by atoms with Gasteiger partial charge in [0.2, 0.25) is 5.82 Å². The molecule has 266 valence electrons. The highest BCUT2D eigenvalue weighted by Gasteiger charge is 2.35. The minimum Gasteiger partial charge on any atom is -0.485 e. The van der Waals surface area contributed by atoms with Crippen molar-refractivity contribution >= 4 is 23.4 Å². The highest BCUT2D eigenvalue weighted by molar-refractivity contribution is 5.94. The lowest BCUT2D eigenvalue weighted by molar-refractivity contribution is -0.385. The number of carbonyl (C=O) groups is 2. The maximum Gasteiger partial charge on any atom is 0.416 e. The van der Waals surface area contributed by atoms with Crippen LogP contribution in [-0.2, 0) is 17.6 Å². The molecule has 0 fully saturated rings. The van der Waals surface area contributed by atoms with Crippen molar-refractivity contribution in [2.45, 2.75) is 39.1 Å². The first-order chi connectivity index (χ1) is 24.0. The second kappa shape index (κ2) is 15.8. The zero-order valence-corrected chi connectivity index (χ0v) is 27.6. The fourth-order valence-electron chi connectivity index (χ4n) is 4.58. The van der Waals surface area contributed by atoms with Crippen molar-refractivity contribution in [3.63, 3.8) is 0 Å². The second-order valence-electron chi connectivity index (χ2n) is 11.6. The Hall–Kier alpha value is -6.44. The molecule has 0 radical (unpaired) electrons. The third-order valence-corrected chi connectivity index (χ3v) is 6.94. The van der Waals surface area contributed by atoms with Crippen LogP contribution in [0.3, 0.4) is 0 Å². The number of benzene rings is 3. The summed E-state index contributed by atoms with van der Waals surface area (Å²) in [4.78, 5) is 45.3. The van der Waals surface area contributed by atoms with Gasteiger partial charge in [0.25, 0.3) is 5.91 Å². The van der Waals surface area contributed by atoms with E-state index in [0.717, 1.165) is 16.5 Å². The maximum absolute atomic E-state index is 13.9. The molecule has 1 aromatic heterocycles. The molecule has 4 aromatic rings. The van der Waals surface area contributed by atoms with Crippen molar-refractivity contribution < 1.29 is 47.0 Å². The number of aliphatic carboxylic acids is 1. The number of rotatable bonds is 14. The van der Waals surface area contributed by atoms with E-state index in [1.54, 1.807) is 38.1 Å². The van der Waals surface area contributed by atoms with E-state index in [0.29, 0.717) is 12.1 Å². The molecule has 1 atom stereocenters. The molecule has 0 aliphatic heterocycles. The number of anilines is 1. The van der Waals surface area contributed by atoms with Crippen LogP contribution in [0.5, 0.6) is 29.1 Å². The lowest BCUT2D eigenvalue weighted by Crippen LogP contribution is -2.31. The van der Waals surface area contributed by atoms with E-state index in [4.69, 9.17) is 14.2 Å². The van der Waals surface area contributed by atoms with E-state index < -0.39 is 69.3 Å². The summed E-state index contributed by atoms with van der Waals surface area (Å²) in [6.45, 7) is 3.49. The maximum atomic E-state index is 13.9. The fourth-order valence-corrected chi connectivity index (χ4v) is 4.58. The van der Waals surface area contributed by atoms with Gasteiger partial charge in [0.1, 0.15) is 18.4 Å². The molecule has 0 aliphatic carbocycles. The Morgan fingerprint density at radius 2 is 1.75 bits per heavy atom. The summed E-state index contributed by atoms with van der Waals surface area (Å²) in [5.74, 6) is -4.78. The van der Waals surface area contributed by atoms with Crippen molar-refractivity contribution in [1.82, 2.24) is 14.9 Å². The van der Waals surface area contributed by atoms with E-state index in [-0.39, 0.29) is 36.0 Å². The van der Waals surface area contributed by atoms with Gasteiger partial charge in [0.15, 0.2) is 11.5 Å². The molecule has 1 amide bonds. The van der Waals surface area contributed by atoms with Crippen LogP contribution in [0.4, 0.5) is 24.7 Å². The van der Waals surface area contributed by atoms with Gasteiger partial charge in [0, 0.05) is 25.7 Å². The van der Waals surface area contributed by atoms with Gasteiger partial charge < -0.3 is 29.5 Å². The number of aromatic nitrogens is 2. The average Bonchev–Trinajstić information content (AvgIpc) is 3.06. The van der Waals surface area contributed by atoms with Crippen LogP contribution in [0.1, 0.15) is 47.3 Å².